The van der Waals surface area contributed by atoms with E-state index in [0.717, 1.165) is 0 Å². The standard InChI is InChI=1S/C9H7N5O2S/c1-5(15)10-8-13-14-7(6-3-2-4-16-6)11-12-9(14)17-8/h2-4H,1H3,(H,10,13,15). The van der Waals surface area contributed by atoms with Crippen LogP contribution in [0.3, 0.4) is 0 Å². The molecule has 0 unspecified atom stereocenters. The van der Waals surface area contributed by atoms with E-state index in [1.54, 1.807) is 18.4 Å². The van der Waals surface area contributed by atoms with Crippen LogP contribution in [-0.4, -0.2) is 25.7 Å². The number of carbonyl (C=O) groups excluding carboxylic acids is 1. The van der Waals surface area contributed by atoms with Gasteiger partial charge < -0.3 is 9.73 Å². The zero-order valence-corrected chi connectivity index (χ0v) is 9.56. The molecule has 0 atom stereocenters. The molecule has 1 N–H and O–H groups in total. The normalized spacial score (nSPS) is 10.9. The molecule has 86 valence electrons. The van der Waals surface area contributed by atoms with Crippen LogP contribution in [0.5, 0.6) is 0 Å². The first-order valence-electron chi connectivity index (χ1n) is 4.78. The van der Waals surface area contributed by atoms with Crippen LogP contribution in [0.25, 0.3) is 16.5 Å². The van der Waals surface area contributed by atoms with Crippen LogP contribution >= 0.6 is 11.3 Å². The summed E-state index contributed by atoms with van der Waals surface area (Å²) in [6.45, 7) is 1.43. The number of aromatic nitrogens is 4. The molecule has 8 heteroatoms. The first-order valence-corrected chi connectivity index (χ1v) is 5.59. The molecular weight excluding hydrogens is 242 g/mol. The van der Waals surface area contributed by atoms with Crippen molar-refractivity contribution in [2.45, 2.75) is 6.92 Å². The number of carbonyl (C=O) groups is 1. The predicted molar refractivity (Wildman–Crippen MR) is 60.7 cm³/mol. The van der Waals surface area contributed by atoms with Crippen molar-refractivity contribution in [3.05, 3.63) is 18.4 Å². The SMILES string of the molecule is CC(=O)Nc1nn2c(-c3ccco3)nnc2s1. The van der Waals surface area contributed by atoms with Gasteiger partial charge in [0.15, 0.2) is 5.76 Å². The fourth-order valence-corrected chi connectivity index (χ4v) is 2.16. The van der Waals surface area contributed by atoms with Gasteiger partial charge >= 0.3 is 0 Å². The Morgan fingerprint density at radius 1 is 1.53 bits per heavy atom. The summed E-state index contributed by atoms with van der Waals surface area (Å²) >= 11 is 1.25. The van der Waals surface area contributed by atoms with E-state index in [1.165, 1.54) is 22.8 Å². The molecule has 3 aromatic rings. The Kier molecular flexibility index (Phi) is 2.15. The molecule has 0 aliphatic heterocycles. The number of hydrogen-bond donors (Lipinski definition) is 1. The summed E-state index contributed by atoms with van der Waals surface area (Å²) in [6, 6.07) is 3.53. The van der Waals surface area contributed by atoms with Gasteiger partial charge in [-0.1, -0.05) is 11.3 Å². The minimum Gasteiger partial charge on any atom is -0.461 e. The molecule has 0 aliphatic carbocycles. The van der Waals surface area contributed by atoms with E-state index < -0.39 is 0 Å². The minimum absolute atomic E-state index is 0.172. The lowest BCUT2D eigenvalue weighted by molar-refractivity contribution is -0.114. The van der Waals surface area contributed by atoms with Gasteiger partial charge in [-0.2, -0.15) is 4.52 Å². The number of hydrogen-bond acceptors (Lipinski definition) is 6. The highest BCUT2D eigenvalue weighted by Crippen LogP contribution is 2.23. The number of anilines is 1. The molecular formula is C9H7N5O2S. The molecule has 1 amide bonds. The summed E-state index contributed by atoms with van der Waals surface area (Å²) in [7, 11) is 0. The average molecular weight is 249 g/mol. The van der Waals surface area contributed by atoms with E-state index in [9.17, 15) is 4.79 Å². The molecule has 3 aromatic heterocycles. The third-order valence-electron chi connectivity index (χ3n) is 2.02. The number of rotatable bonds is 2. The highest BCUT2D eigenvalue weighted by atomic mass is 32.1. The van der Waals surface area contributed by atoms with Crippen LogP contribution in [0.15, 0.2) is 22.8 Å². The second-order valence-corrected chi connectivity index (χ2v) is 4.24. The molecule has 0 saturated heterocycles. The van der Waals surface area contributed by atoms with Crippen molar-refractivity contribution in [1.82, 2.24) is 19.8 Å². The average Bonchev–Trinajstić information content (AvgIpc) is 2.89. The van der Waals surface area contributed by atoms with Crippen molar-refractivity contribution in [1.29, 1.82) is 0 Å². The Morgan fingerprint density at radius 3 is 3.12 bits per heavy atom. The highest BCUT2D eigenvalue weighted by Gasteiger charge is 2.15. The molecule has 0 fully saturated rings. The molecule has 3 heterocycles. The van der Waals surface area contributed by atoms with Crippen molar-refractivity contribution >= 4 is 27.3 Å². The number of nitrogens with zero attached hydrogens (tertiary/aromatic N) is 4. The van der Waals surface area contributed by atoms with Crippen LogP contribution < -0.4 is 5.32 Å². The van der Waals surface area contributed by atoms with Crippen molar-refractivity contribution in [2.24, 2.45) is 0 Å². The van der Waals surface area contributed by atoms with Crippen molar-refractivity contribution < 1.29 is 9.21 Å². The van der Waals surface area contributed by atoms with Crippen molar-refractivity contribution in [3.63, 3.8) is 0 Å². The van der Waals surface area contributed by atoms with Gasteiger partial charge in [-0.3, -0.25) is 4.79 Å². The fraction of sp³-hybridized carbons (Fsp3) is 0.111. The molecule has 17 heavy (non-hydrogen) atoms. The van der Waals surface area contributed by atoms with Gasteiger partial charge in [-0.05, 0) is 12.1 Å². The summed E-state index contributed by atoms with van der Waals surface area (Å²) in [5.41, 5.74) is 0. The van der Waals surface area contributed by atoms with Gasteiger partial charge in [-0.15, -0.1) is 15.3 Å². The Balaban J connectivity index is 2.09. The van der Waals surface area contributed by atoms with E-state index >= 15 is 0 Å². The lowest BCUT2D eigenvalue weighted by atomic mass is 10.4. The summed E-state index contributed by atoms with van der Waals surface area (Å²) in [6.07, 6.45) is 1.55. The maximum absolute atomic E-state index is 10.9. The molecule has 0 spiro atoms. The molecule has 0 radical (unpaired) electrons. The van der Waals surface area contributed by atoms with Crippen LogP contribution in [0, 0.1) is 0 Å². The number of fused-ring (bicyclic) bond motifs is 1. The predicted octanol–water partition coefficient (Wildman–Crippen LogP) is 1.40. The third kappa shape index (κ3) is 1.68. The Bertz CT molecular complexity index is 669. The van der Waals surface area contributed by atoms with E-state index in [1.807, 2.05) is 0 Å². The van der Waals surface area contributed by atoms with Crippen molar-refractivity contribution in [3.8, 4) is 11.6 Å². The second-order valence-electron chi connectivity index (χ2n) is 3.28. The molecule has 7 nitrogen and oxygen atoms in total. The van der Waals surface area contributed by atoms with Crippen LogP contribution in [0.4, 0.5) is 5.13 Å². The van der Waals surface area contributed by atoms with E-state index in [0.29, 0.717) is 21.7 Å². The molecule has 0 aromatic carbocycles. The summed E-state index contributed by atoms with van der Waals surface area (Å²) in [5.74, 6) is 0.921. The van der Waals surface area contributed by atoms with Gasteiger partial charge in [0.25, 0.3) is 0 Å². The van der Waals surface area contributed by atoms with Crippen LogP contribution in [0.1, 0.15) is 6.92 Å². The van der Waals surface area contributed by atoms with Gasteiger partial charge in [0.05, 0.1) is 6.26 Å². The van der Waals surface area contributed by atoms with Gasteiger partial charge in [0, 0.05) is 6.92 Å². The summed E-state index contributed by atoms with van der Waals surface area (Å²) in [4.78, 5) is 11.5. The fourth-order valence-electron chi connectivity index (χ4n) is 1.38. The molecule has 3 rings (SSSR count). The topological polar surface area (TPSA) is 85.3 Å². The first kappa shape index (κ1) is 9.97. The maximum atomic E-state index is 10.9. The first-order chi connectivity index (χ1) is 8.24. The Hall–Kier alpha value is -2.22. The van der Waals surface area contributed by atoms with E-state index in [-0.39, 0.29) is 5.91 Å². The monoisotopic (exact) mass is 249 g/mol. The summed E-state index contributed by atoms with van der Waals surface area (Å²) < 4.78 is 6.77. The van der Waals surface area contributed by atoms with Crippen LogP contribution in [0.2, 0.25) is 0 Å². The second kappa shape index (κ2) is 3.67. The highest BCUT2D eigenvalue weighted by molar-refractivity contribution is 7.20. The smallest absolute Gasteiger partial charge is 0.236 e. The minimum atomic E-state index is -0.172. The zero-order valence-electron chi connectivity index (χ0n) is 8.75. The number of furan rings is 1. The molecule has 0 bridgehead atoms. The molecule has 0 saturated carbocycles. The quantitative estimate of drug-likeness (QED) is 0.742. The number of amides is 1. The van der Waals surface area contributed by atoms with E-state index in [2.05, 4.69) is 20.6 Å². The van der Waals surface area contributed by atoms with Gasteiger partial charge in [0.1, 0.15) is 0 Å². The largest absolute Gasteiger partial charge is 0.461 e. The lowest BCUT2D eigenvalue weighted by Gasteiger charge is -1.92. The third-order valence-corrected chi connectivity index (χ3v) is 2.83. The van der Waals surface area contributed by atoms with Gasteiger partial charge in [0.2, 0.25) is 21.8 Å². The van der Waals surface area contributed by atoms with Gasteiger partial charge in [-0.25, -0.2) is 0 Å². The lowest BCUT2D eigenvalue weighted by Crippen LogP contribution is -2.05. The number of nitrogens with one attached hydrogen (secondary N) is 1. The van der Waals surface area contributed by atoms with E-state index in [4.69, 9.17) is 4.42 Å². The molecule has 0 aliphatic rings. The van der Waals surface area contributed by atoms with Crippen molar-refractivity contribution in [2.75, 3.05) is 5.32 Å². The van der Waals surface area contributed by atoms with Crippen LogP contribution in [-0.2, 0) is 4.79 Å². The maximum Gasteiger partial charge on any atom is 0.236 e. The Labute approximate surface area is 99.1 Å². The Morgan fingerprint density at radius 2 is 2.41 bits per heavy atom. The summed E-state index contributed by atoms with van der Waals surface area (Å²) in [5, 5.41) is 15.2. The zero-order chi connectivity index (χ0) is 11.8.